The summed E-state index contributed by atoms with van der Waals surface area (Å²) in [6.07, 6.45) is 0.369. The van der Waals surface area contributed by atoms with E-state index in [1.54, 1.807) is 32.6 Å². The zero-order valence-corrected chi connectivity index (χ0v) is 16.1. The minimum atomic E-state index is -0.756. The van der Waals surface area contributed by atoms with E-state index in [0.29, 0.717) is 60.9 Å². The van der Waals surface area contributed by atoms with Crippen LogP contribution in [-0.2, 0) is 15.9 Å². The first-order chi connectivity index (χ1) is 12.2. The maximum absolute atomic E-state index is 13.0. The van der Waals surface area contributed by atoms with Crippen molar-refractivity contribution in [2.45, 2.75) is 53.1 Å². The van der Waals surface area contributed by atoms with Gasteiger partial charge < -0.3 is 19.6 Å². The predicted octanol–water partition coefficient (Wildman–Crippen LogP) is 1.33. The Labute approximate surface area is 153 Å². The van der Waals surface area contributed by atoms with E-state index in [4.69, 9.17) is 9.47 Å². The summed E-state index contributed by atoms with van der Waals surface area (Å²) >= 11 is 0. The number of nitrogens with zero attached hydrogens (tertiary/aromatic N) is 3. The van der Waals surface area contributed by atoms with E-state index in [0.717, 1.165) is 4.79 Å². The van der Waals surface area contributed by atoms with Crippen LogP contribution in [-0.4, -0.2) is 53.6 Å². The molecule has 0 atom stereocenters. The Bertz CT molecular complexity index is 672. The molecule has 0 aromatic carbocycles. The summed E-state index contributed by atoms with van der Waals surface area (Å²) in [5.41, 5.74) is 2.78. The van der Waals surface area contributed by atoms with Gasteiger partial charge in [-0.05, 0) is 34.1 Å². The maximum Gasteiger partial charge on any atom is 0.524 e. The smallest absolute Gasteiger partial charge is 0.524 e. The molecule has 1 fully saturated rings. The lowest BCUT2D eigenvalue weighted by atomic mass is 10.1. The maximum atomic E-state index is 13.0. The Morgan fingerprint density at radius 2 is 1.92 bits per heavy atom. The highest BCUT2D eigenvalue weighted by Crippen LogP contribution is 2.17. The summed E-state index contributed by atoms with van der Waals surface area (Å²) in [5.74, 6) is -0.219. The van der Waals surface area contributed by atoms with Gasteiger partial charge in [-0.15, -0.1) is 0 Å². The van der Waals surface area contributed by atoms with Gasteiger partial charge in [-0.3, -0.25) is 4.79 Å². The molecular formula is C17H28N4O5. The van der Waals surface area contributed by atoms with Gasteiger partial charge in [0.15, 0.2) is 0 Å². The Morgan fingerprint density at radius 1 is 1.31 bits per heavy atom. The van der Waals surface area contributed by atoms with E-state index in [-0.39, 0.29) is 5.91 Å². The van der Waals surface area contributed by atoms with Crippen molar-refractivity contribution in [3.8, 4) is 0 Å². The summed E-state index contributed by atoms with van der Waals surface area (Å²) in [6, 6.07) is 0. The number of aromatic nitrogens is 2. The molecule has 0 aliphatic carbocycles. The molecule has 1 aliphatic heterocycles. The van der Waals surface area contributed by atoms with Crippen molar-refractivity contribution in [1.82, 2.24) is 9.69 Å². The number of nitrogens with one attached hydrogen (secondary N) is 1. The molecule has 2 rings (SSSR count). The minimum absolute atomic E-state index is 0.219. The third-order valence-electron chi connectivity index (χ3n) is 3.98. The first-order valence-corrected chi connectivity index (χ1v) is 8.86. The Balaban J connectivity index is 2.35. The molecule has 26 heavy (non-hydrogen) atoms. The number of carbonyl (C=O) groups is 2. The van der Waals surface area contributed by atoms with E-state index in [2.05, 4.69) is 5.43 Å². The molecule has 0 unspecified atom stereocenters. The summed E-state index contributed by atoms with van der Waals surface area (Å²) in [7, 11) is 0. The average Bonchev–Trinajstić information content (AvgIpc) is 2.78. The van der Waals surface area contributed by atoms with Crippen molar-refractivity contribution >= 4 is 12.0 Å². The highest BCUT2D eigenvalue weighted by molar-refractivity contribution is 5.96. The average molecular weight is 368 g/mol. The molecule has 1 N–H and O–H groups in total. The number of ether oxygens (including phenoxy) is 2. The van der Waals surface area contributed by atoms with Crippen LogP contribution in [0.3, 0.4) is 0 Å². The van der Waals surface area contributed by atoms with Crippen LogP contribution in [0.4, 0.5) is 4.79 Å². The highest BCUT2D eigenvalue weighted by atomic mass is 16.6. The first-order valence-electron chi connectivity index (χ1n) is 8.86. The lowest BCUT2D eigenvalue weighted by molar-refractivity contribution is -0.696. The fourth-order valence-electron chi connectivity index (χ4n) is 2.84. The molecule has 1 aliphatic rings. The van der Waals surface area contributed by atoms with Crippen LogP contribution in [0.2, 0.25) is 0 Å². The number of amides is 2. The van der Waals surface area contributed by atoms with Crippen molar-refractivity contribution in [2.24, 2.45) is 0 Å². The van der Waals surface area contributed by atoms with E-state index in [1.807, 2.05) is 6.92 Å². The number of morpholine rings is 1. The van der Waals surface area contributed by atoms with Crippen LogP contribution in [0.15, 0.2) is 0 Å². The Kier molecular flexibility index (Phi) is 6.12. The molecule has 0 saturated carbocycles. The molecule has 1 aromatic heterocycles. The second-order valence-electron chi connectivity index (χ2n) is 7.26. The Hall–Kier alpha value is -2.29. The molecule has 0 radical (unpaired) electrons. The summed E-state index contributed by atoms with van der Waals surface area (Å²) in [6.45, 7) is 10.7. The minimum Gasteiger partial charge on any atom is -0.692 e. The second-order valence-corrected chi connectivity index (χ2v) is 7.26. The van der Waals surface area contributed by atoms with E-state index < -0.39 is 11.7 Å². The van der Waals surface area contributed by atoms with Crippen LogP contribution >= 0.6 is 0 Å². The van der Waals surface area contributed by atoms with Gasteiger partial charge in [0.1, 0.15) is 22.6 Å². The number of hydrogen-bond acceptors (Lipinski definition) is 5. The molecule has 0 spiro atoms. The molecule has 1 aromatic rings. The summed E-state index contributed by atoms with van der Waals surface area (Å²) < 4.78 is 10.5. The van der Waals surface area contributed by atoms with Crippen molar-refractivity contribution in [3.63, 3.8) is 0 Å². The van der Waals surface area contributed by atoms with Gasteiger partial charge in [0, 0.05) is 19.5 Å². The third kappa shape index (κ3) is 4.46. The first kappa shape index (κ1) is 20.0. The zero-order chi connectivity index (χ0) is 19.5. The topological polar surface area (TPSA) is 99.7 Å². The van der Waals surface area contributed by atoms with Crippen LogP contribution in [0, 0.1) is 12.1 Å². The number of carbonyl (C=O) groups excluding carboxylic acids is 2. The van der Waals surface area contributed by atoms with Gasteiger partial charge in [-0.1, -0.05) is 17.1 Å². The normalized spacial score (nSPS) is 15.0. The van der Waals surface area contributed by atoms with Crippen LogP contribution in [0.25, 0.3) is 0 Å². The number of rotatable bonds is 4. The zero-order valence-electron chi connectivity index (χ0n) is 16.1. The lowest BCUT2D eigenvalue weighted by Crippen LogP contribution is -2.48. The van der Waals surface area contributed by atoms with E-state index in [1.165, 1.54) is 0 Å². The van der Waals surface area contributed by atoms with E-state index in [9.17, 15) is 14.8 Å². The molecule has 0 bridgehead atoms. The van der Waals surface area contributed by atoms with Crippen LogP contribution < -0.4 is 10.3 Å². The predicted molar refractivity (Wildman–Crippen MR) is 94.4 cm³/mol. The second kappa shape index (κ2) is 7.94. The van der Waals surface area contributed by atoms with Crippen molar-refractivity contribution < 1.29 is 23.9 Å². The molecule has 2 heterocycles. The standard InChI is InChI=1S/C17H28N4O5/c1-6-7-13-14(15(22)19-8-10-25-11-9-19)12(2)20(21(13)24)18-16(23)26-17(3,4)5/h6-11H2,1-5H3,(H,18,23). The van der Waals surface area contributed by atoms with Gasteiger partial charge >= 0.3 is 6.09 Å². The van der Waals surface area contributed by atoms with Crippen molar-refractivity contribution in [2.75, 3.05) is 31.7 Å². The van der Waals surface area contributed by atoms with E-state index >= 15 is 0 Å². The van der Waals surface area contributed by atoms with Crippen LogP contribution in [0.5, 0.6) is 0 Å². The molecule has 146 valence electrons. The Morgan fingerprint density at radius 3 is 2.46 bits per heavy atom. The van der Waals surface area contributed by atoms with Gasteiger partial charge in [-0.2, -0.15) is 9.64 Å². The molecule has 9 heteroatoms. The molecule has 1 saturated heterocycles. The molecule has 2 amide bonds. The largest absolute Gasteiger partial charge is 0.692 e. The van der Waals surface area contributed by atoms with Gasteiger partial charge in [0.25, 0.3) is 5.91 Å². The molecular weight excluding hydrogens is 340 g/mol. The van der Waals surface area contributed by atoms with Crippen molar-refractivity contribution in [1.29, 1.82) is 0 Å². The number of hydrogen-bond donors (Lipinski definition) is 1. The summed E-state index contributed by atoms with van der Waals surface area (Å²) in [5, 5.41) is 12.7. The molecule has 9 nitrogen and oxygen atoms in total. The summed E-state index contributed by atoms with van der Waals surface area (Å²) in [4.78, 5) is 28.3. The highest BCUT2D eigenvalue weighted by Gasteiger charge is 2.32. The van der Waals surface area contributed by atoms with Gasteiger partial charge in [0.05, 0.1) is 13.2 Å². The fraction of sp³-hybridized carbons (Fsp3) is 0.706. The third-order valence-corrected chi connectivity index (χ3v) is 3.98. The SMILES string of the molecule is CCCc1c(C(=O)N2CCOCC2)c(C)n(NC(=O)OC(C)(C)C)[n+]1[O-]. The van der Waals surface area contributed by atoms with Crippen molar-refractivity contribution in [3.05, 3.63) is 22.2 Å². The lowest BCUT2D eigenvalue weighted by Gasteiger charge is -2.26. The quantitative estimate of drug-likeness (QED) is 0.638. The van der Waals surface area contributed by atoms with Gasteiger partial charge in [0.2, 0.25) is 0 Å². The van der Waals surface area contributed by atoms with Crippen LogP contribution in [0.1, 0.15) is 55.9 Å². The van der Waals surface area contributed by atoms with Gasteiger partial charge in [-0.25, -0.2) is 0 Å². The monoisotopic (exact) mass is 368 g/mol. The fourth-order valence-corrected chi connectivity index (χ4v) is 2.84.